The molecule has 5 nitrogen and oxygen atoms in total. The van der Waals surface area contributed by atoms with E-state index >= 15 is 0 Å². The summed E-state index contributed by atoms with van der Waals surface area (Å²) in [6.07, 6.45) is 0.930. The predicted molar refractivity (Wildman–Crippen MR) is 111 cm³/mol. The molecule has 0 unspecified atom stereocenters. The molecular formula is C20H29N5S. The summed E-state index contributed by atoms with van der Waals surface area (Å²) in [5.74, 6) is 1.07. The van der Waals surface area contributed by atoms with Crippen LogP contribution in [0.3, 0.4) is 0 Å². The Morgan fingerprint density at radius 1 is 1.31 bits per heavy atom. The Bertz CT molecular complexity index is 877. The minimum absolute atomic E-state index is 0.155. The molecule has 0 aromatic carbocycles. The van der Waals surface area contributed by atoms with Gasteiger partial charge in [0.25, 0.3) is 0 Å². The molecule has 0 saturated carbocycles. The summed E-state index contributed by atoms with van der Waals surface area (Å²) in [5, 5.41) is 10.6. The molecule has 0 saturated heterocycles. The Hall–Kier alpha value is -1.92. The normalized spacial score (nSPS) is 12.3. The molecule has 140 valence electrons. The van der Waals surface area contributed by atoms with Gasteiger partial charge in [-0.1, -0.05) is 26.8 Å². The van der Waals surface area contributed by atoms with Crippen LogP contribution in [0.2, 0.25) is 0 Å². The fraction of sp³-hybridized carbons (Fsp3) is 0.500. The Morgan fingerprint density at radius 2 is 2.08 bits per heavy atom. The van der Waals surface area contributed by atoms with E-state index in [2.05, 4.69) is 75.6 Å². The molecule has 0 spiro atoms. The lowest BCUT2D eigenvalue weighted by Crippen LogP contribution is -2.35. The highest BCUT2D eigenvalue weighted by Crippen LogP contribution is 2.28. The standard InChI is InChI=1S/C20H29N5S/c1-7-15-14(2)22-18-11-16(17-9-8-10-26-17)23-25(18)19(15)21-12-20(3,4)13-24(5)6/h8-11,21H,7,12-13H2,1-6H3. The molecule has 0 atom stereocenters. The van der Waals surface area contributed by atoms with E-state index < -0.39 is 0 Å². The van der Waals surface area contributed by atoms with Gasteiger partial charge in [-0.3, -0.25) is 0 Å². The fourth-order valence-corrected chi connectivity index (χ4v) is 4.22. The van der Waals surface area contributed by atoms with Crippen LogP contribution in [0.15, 0.2) is 23.6 Å². The van der Waals surface area contributed by atoms with E-state index in [1.54, 1.807) is 11.3 Å². The van der Waals surface area contributed by atoms with Crippen molar-refractivity contribution < 1.29 is 0 Å². The Morgan fingerprint density at radius 3 is 2.69 bits per heavy atom. The molecule has 0 aliphatic heterocycles. The number of aromatic nitrogens is 3. The van der Waals surface area contributed by atoms with Crippen LogP contribution in [0.25, 0.3) is 16.2 Å². The van der Waals surface area contributed by atoms with E-state index in [1.807, 2.05) is 4.52 Å². The summed E-state index contributed by atoms with van der Waals surface area (Å²) in [6, 6.07) is 6.24. The Labute approximate surface area is 160 Å². The number of aryl methyl sites for hydroxylation is 1. The molecule has 1 N–H and O–H groups in total. The Kier molecular flexibility index (Phi) is 5.34. The molecule has 6 heteroatoms. The maximum Gasteiger partial charge on any atom is 0.158 e. The molecule has 3 rings (SSSR count). The minimum atomic E-state index is 0.155. The average Bonchev–Trinajstić information content (AvgIpc) is 3.19. The lowest BCUT2D eigenvalue weighted by molar-refractivity contribution is 0.254. The van der Waals surface area contributed by atoms with Crippen molar-refractivity contribution in [2.45, 2.75) is 34.1 Å². The van der Waals surface area contributed by atoms with Crippen LogP contribution in [-0.4, -0.2) is 46.7 Å². The summed E-state index contributed by atoms with van der Waals surface area (Å²) >= 11 is 1.71. The largest absolute Gasteiger partial charge is 0.369 e. The van der Waals surface area contributed by atoms with Crippen molar-refractivity contribution in [2.75, 3.05) is 32.5 Å². The third-order valence-corrected chi connectivity index (χ3v) is 5.41. The van der Waals surface area contributed by atoms with Crippen molar-refractivity contribution in [2.24, 2.45) is 5.41 Å². The van der Waals surface area contributed by atoms with E-state index in [0.29, 0.717) is 0 Å². The monoisotopic (exact) mass is 371 g/mol. The van der Waals surface area contributed by atoms with Crippen LogP contribution in [0.1, 0.15) is 32.0 Å². The second-order valence-corrected chi connectivity index (χ2v) is 8.86. The first kappa shape index (κ1) is 18.9. The average molecular weight is 372 g/mol. The second-order valence-electron chi connectivity index (χ2n) is 7.91. The fourth-order valence-electron chi connectivity index (χ4n) is 3.54. The molecule has 0 amide bonds. The van der Waals surface area contributed by atoms with Crippen LogP contribution < -0.4 is 5.32 Å². The Balaban J connectivity index is 2.01. The smallest absolute Gasteiger partial charge is 0.158 e. The van der Waals surface area contributed by atoms with E-state index in [0.717, 1.165) is 42.4 Å². The third-order valence-electron chi connectivity index (χ3n) is 4.51. The summed E-state index contributed by atoms with van der Waals surface area (Å²) < 4.78 is 1.98. The zero-order valence-corrected chi connectivity index (χ0v) is 17.4. The van der Waals surface area contributed by atoms with Crippen molar-refractivity contribution in [1.29, 1.82) is 0 Å². The first-order valence-corrected chi connectivity index (χ1v) is 10.0. The first-order chi connectivity index (χ1) is 12.3. The number of rotatable bonds is 7. The molecule has 0 fully saturated rings. The van der Waals surface area contributed by atoms with Crippen LogP contribution in [-0.2, 0) is 6.42 Å². The van der Waals surface area contributed by atoms with Gasteiger partial charge < -0.3 is 10.2 Å². The zero-order valence-electron chi connectivity index (χ0n) is 16.6. The second kappa shape index (κ2) is 7.37. The summed E-state index contributed by atoms with van der Waals surface area (Å²) in [4.78, 5) is 8.19. The minimum Gasteiger partial charge on any atom is -0.369 e. The van der Waals surface area contributed by atoms with E-state index in [4.69, 9.17) is 10.1 Å². The van der Waals surface area contributed by atoms with Crippen LogP contribution in [0.5, 0.6) is 0 Å². The van der Waals surface area contributed by atoms with Gasteiger partial charge in [0, 0.05) is 30.4 Å². The molecular weight excluding hydrogens is 342 g/mol. The first-order valence-electron chi connectivity index (χ1n) is 9.12. The van der Waals surface area contributed by atoms with Gasteiger partial charge in [0.1, 0.15) is 11.5 Å². The van der Waals surface area contributed by atoms with Crippen molar-refractivity contribution in [3.05, 3.63) is 34.8 Å². The number of anilines is 1. The molecule has 26 heavy (non-hydrogen) atoms. The summed E-state index contributed by atoms with van der Waals surface area (Å²) in [6.45, 7) is 10.7. The van der Waals surface area contributed by atoms with Gasteiger partial charge in [-0.25, -0.2) is 4.98 Å². The van der Waals surface area contributed by atoms with Crippen molar-refractivity contribution in [1.82, 2.24) is 19.5 Å². The quantitative estimate of drug-likeness (QED) is 0.671. The number of thiophene rings is 1. The van der Waals surface area contributed by atoms with Crippen LogP contribution in [0.4, 0.5) is 5.82 Å². The molecule has 0 aliphatic rings. The van der Waals surface area contributed by atoms with Crippen LogP contribution >= 0.6 is 11.3 Å². The van der Waals surface area contributed by atoms with Crippen molar-refractivity contribution in [3.63, 3.8) is 0 Å². The SMILES string of the molecule is CCc1c(C)nc2cc(-c3cccs3)nn2c1NCC(C)(C)CN(C)C. The van der Waals surface area contributed by atoms with Gasteiger partial charge in [0.15, 0.2) is 5.65 Å². The molecule has 3 aromatic rings. The summed E-state index contributed by atoms with van der Waals surface area (Å²) in [7, 11) is 4.24. The lowest BCUT2D eigenvalue weighted by atomic mass is 9.93. The maximum atomic E-state index is 4.86. The van der Waals surface area contributed by atoms with Crippen LogP contribution in [0, 0.1) is 12.3 Å². The van der Waals surface area contributed by atoms with E-state index in [-0.39, 0.29) is 5.41 Å². The highest BCUT2D eigenvalue weighted by molar-refractivity contribution is 7.13. The number of fused-ring (bicyclic) bond motifs is 1. The number of hydrogen-bond acceptors (Lipinski definition) is 5. The van der Waals surface area contributed by atoms with Crippen molar-refractivity contribution in [3.8, 4) is 10.6 Å². The van der Waals surface area contributed by atoms with E-state index in [9.17, 15) is 0 Å². The third kappa shape index (κ3) is 3.91. The van der Waals surface area contributed by atoms with Gasteiger partial charge in [0.05, 0.1) is 4.88 Å². The van der Waals surface area contributed by atoms with Gasteiger partial charge in [-0.2, -0.15) is 9.61 Å². The molecule has 0 aliphatic carbocycles. The number of nitrogens with one attached hydrogen (secondary N) is 1. The van der Waals surface area contributed by atoms with Crippen molar-refractivity contribution >= 4 is 22.8 Å². The van der Waals surface area contributed by atoms with Gasteiger partial charge >= 0.3 is 0 Å². The maximum absolute atomic E-state index is 4.86. The number of hydrogen-bond donors (Lipinski definition) is 1. The molecule has 3 heterocycles. The summed E-state index contributed by atoms with van der Waals surface area (Å²) in [5.41, 5.74) is 4.35. The van der Waals surface area contributed by atoms with E-state index in [1.165, 1.54) is 10.4 Å². The van der Waals surface area contributed by atoms with Gasteiger partial charge in [-0.15, -0.1) is 11.3 Å². The predicted octanol–water partition coefficient (Wildman–Crippen LogP) is 4.33. The molecule has 0 radical (unpaired) electrons. The highest BCUT2D eigenvalue weighted by atomic mass is 32.1. The topological polar surface area (TPSA) is 45.5 Å². The molecule has 0 bridgehead atoms. The lowest BCUT2D eigenvalue weighted by Gasteiger charge is -2.29. The van der Waals surface area contributed by atoms with Gasteiger partial charge in [-0.05, 0) is 44.3 Å². The highest BCUT2D eigenvalue weighted by Gasteiger charge is 2.21. The number of nitrogens with zero attached hydrogens (tertiary/aromatic N) is 4. The zero-order chi connectivity index (χ0) is 18.9. The molecule has 3 aromatic heterocycles. The van der Waals surface area contributed by atoms with Gasteiger partial charge in [0.2, 0.25) is 0 Å².